The number of hydrogen-bond donors (Lipinski definition) is 1. The molecule has 14 heavy (non-hydrogen) atoms. The van der Waals surface area contributed by atoms with E-state index in [0.717, 1.165) is 6.42 Å². The van der Waals surface area contributed by atoms with Gasteiger partial charge >= 0.3 is 93.4 Å². The molecule has 0 aromatic heterocycles. The second-order valence-electron chi connectivity index (χ2n) is 3.70. The van der Waals surface area contributed by atoms with Crippen LogP contribution in [0.1, 0.15) is 46.5 Å². The van der Waals surface area contributed by atoms with Gasteiger partial charge in [-0.25, -0.2) is 0 Å². The Hall–Kier alpha value is 1.01. The van der Waals surface area contributed by atoms with Crippen molar-refractivity contribution < 1.29 is 3.07 Å². The summed E-state index contributed by atoms with van der Waals surface area (Å²) in [7, 11) is 0. The molecule has 0 aromatic carbocycles. The zero-order valence-corrected chi connectivity index (χ0v) is 13.3. The van der Waals surface area contributed by atoms with Gasteiger partial charge in [-0.2, -0.15) is 0 Å². The van der Waals surface area contributed by atoms with Crippen LogP contribution in [0.3, 0.4) is 0 Å². The van der Waals surface area contributed by atoms with Gasteiger partial charge in [-0.05, 0) is 0 Å². The SMILES string of the molecule is CCC(C)[O][Sn][CH2]CCCC(C)N.Cl. The van der Waals surface area contributed by atoms with Gasteiger partial charge in [-0.3, -0.25) is 0 Å². The molecule has 2 unspecified atom stereocenters. The van der Waals surface area contributed by atoms with Crippen LogP contribution in [-0.4, -0.2) is 33.7 Å². The summed E-state index contributed by atoms with van der Waals surface area (Å²) in [6.07, 6.45) is 5.43. The predicted molar refractivity (Wildman–Crippen MR) is 66.1 cm³/mol. The molecule has 86 valence electrons. The Labute approximate surface area is 106 Å². The zero-order valence-electron chi connectivity index (χ0n) is 9.58. The first-order valence-electron chi connectivity index (χ1n) is 5.31. The summed E-state index contributed by atoms with van der Waals surface area (Å²) in [5.41, 5.74) is 5.66. The smallest absolute Gasteiger partial charge is 0.147 e. The van der Waals surface area contributed by atoms with Crippen molar-refractivity contribution in [3.05, 3.63) is 0 Å². The van der Waals surface area contributed by atoms with Gasteiger partial charge in [0.05, 0.1) is 0 Å². The first-order chi connectivity index (χ1) is 6.16. The molecule has 2 radical (unpaired) electrons. The molecule has 0 saturated carbocycles. The first-order valence-corrected chi connectivity index (χ1v) is 8.49. The maximum Gasteiger partial charge on any atom is -0.147 e. The molecule has 0 fully saturated rings. The van der Waals surface area contributed by atoms with Gasteiger partial charge in [0.1, 0.15) is 0 Å². The van der Waals surface area contributed by atoms with Crippen molar-refractivity contribution >= 4 is 34.0 Å². The van der Waals surface area contributed by atoms with Gasteiger partial charge in [-0.1, -0.05) is 0 Å². The molecule has 2 atom stereocenters. The van der Waals surface area contributed by atoms with Crippen LogP contribution in [0.2, 0.25) is 4.44 Å². The number of nitrogens with two attached hydrogens (primary N) is 1. The Morgan fingerprint density at radius 3 is 2.43 bits per heavy atom. The summed E-state index contributed by atoms with van der Waals surface area (Å²) in [6, 6.07) is 0.376. The van der Waals surface area contributed by atoms with E-state index >= 15 is 0 Å². The first kappa shape index (κ1) is 17.4. The van der Waals surface area contributed by atoms with Crippen molar-refractivity contribution in [3.8, 4) is 0 Å². The number of hydrogen-bond acceptors (Lipinski definition) is 2. The standard InChI is InChI=1S/C6H14N.C4H9O.ClH.Sn/c1-3-4-5-6(2)7;1-3-4(2)5;;/h6H,1,3-5,7H2,2H3;4H,3H2,1-2H3;1H;/q;-1;;+1. The Bertz CT molecular complexity index is 114. The molecule has 0 bridgehead atoms. The minimum Gasteiger partial charge on any atom is -0.147 e. The Morgan fingerprint density at radius 1 is 1.29 bits per heavy atom. The van der Waals surface area contributed by atoms with Crippen LogP contribution in [0.15, 0.2) is 0 Å². The molecule has 0 heterocycles. The summed E-state index contributed by atoms with van der Waals surface area (Å²) < 4.78 is 7.08. The van der Waals surface area contributed by atoms with Crippen LogP contribution >= 0.6 is 12.4 Å². The molecule has 0 rings (SSSR count). The van der Waals surface area contributed by atoms with Gasteiger partial charge in [0.15, 0.2) is 0 Å². The summed E-state index contributed by atoms with van der Waals surface area (Å²) >= 11 is -0.489. The normalized spacial score (nSPS) is 14.6. The van der Waals surface area contributed by atoms with E-state index in [1.807, 2.05) is 0 Å². The van der Waals surface area contributed by atoms with Gasteiger partial charge in [0.2, 0.25) is 0 Å². The number of rotatable bonds is 8. The topological polar surface area (TPSA) is 35.2 Å². The molecule has 4 heteroatoms. The number of unbranched alkanes of at least 4 members (excludes halogenated alkanes) is 1. The Morgan fingerprint density at radius 2 is 1.93 bits per heavy atom. The minimum atomic E-state index is -0.489. The maximum atomic E-state index is 5.74. The fraction of sp³-hybridized carbons (Fsp3) is 1.00. The van der Waals surface area contributed by atoms with E-state index in [1.54, 1.807) is 0 Å². The van der Waals surface area contributed by atoms with Gasteiger partial charge < -0.3 is 0 Å². The molecule has 0 amide bonds. The summed E-state index contributed by atoms with van der Waals surface area (Å²) in [5.74, 6) is 0. The quantitative estimate of drug-likeness (QED) is 0.549. The second kappa shape index (κ2) is 12.1. The Balaban J connectivity index is 0. The molecule has 2 nitrogen and oxygen atoms in total. The summed E-state index contributed by atoms with van der Waals surface area (Å²) in [5, 5.41) is 0. The van der Waals surface area contributed by atoms with E-state index in [4.69, 9.17) is 8.81 Å². The monoisotopic (exact) mass is 329 g/mol. The van der Waals surface area contributed by atoms with Gasteiger partial charge in [-0.15, -0.1) is 12.4 Å². The molecule has 2 N–H and O–H groups in total. The van der Waals surface area contributed by atoms with Crippen LogP contribution in [0.25, 0.3) is 0 Å². The van der Waals surface area contributed by atoms with Gasteiger partial charge in [0, 0.05) is 0 Å². The van der Waals surface area contributed by atoms with Crippen molar-refractivity contribution in [2.24, 2.45) is 5.73 Å². The van der Waals surface area contributed by atoms with E-state index in [2.05, 4.69) is 20.8 Å². The van der Waals surface area contributed by atoms with Crippen molar-refractivity contribution in [2.75, 3.05) is 0 Å². The van der Waals surface area contributed by atoms with E-state index < -0.39 is 21.6 Å². The molecule has 0 aliphatic rings. The molecular formula is C10H24ClNOSn. The Kier molecular flexibility index (Phi) is 15.0. The maximum absolute atomic E-state index is 5.74. The third-order valence-corrected chi connectivity index (χ3v) is 5.26. The molecule has 0 spiro atoms. The molecule has 0 aromatic rings. The van der Waals surface area contributed by atoms with E-state index in [-0.39, 0.29) is 12.4 Å². The van der Waals surface area contributed by atoms with E-state index in [1.165, 1.54) is 23.7 Å². The largest absolute Gasteiger partial charge is 0.147 e. The van der Waals surface area contributed by atoms with Crippen molar-refractivity contribution in [1.29, 1.82) is 0 Å². The van der Waals surface area contributed by atoms with Crippen molar-refractivity contribution in [2.45, 2.75) is 63.0 Å². The number of halogens is 1. The van der Waals surface area contributed by atoms with Crippen LogP contribution in [0.4, 0.5) is 0 Å². The van der Waals surface area contributed by atoms with E-state index in [9.17, 15) is 0 Å². The average molecular weight is 328 g/mol. The summed E-state index contributed by atoms with van der Waals surface area (Å²) in [4.78, 5) is 0. The van der Waals surface area contributed by atoms with Crippen LogP contribution < -0.4 is 5.73 Å². The second-order valence-corrected chi connectivity index (χ2v) is 6.63. The van der Waals surface area contributed by atoms with Crippen LogP contribution in [0.5, 0.6) is 0 Å². The minimum absolute atomic E-state index is 0. The summed E-state index contributed by atoms with van der Waals surface area (Å²) in [6.45, 7) is 6.43. The molecule has 0 saturated heterocycles. The third-order valence-electron chi connectivity index (χ3n) is 2.05. The van der Waals surface area contributed by atoms with Crippen LogP contribution in [-0.2, 0) is 3.07 Å². The fourth-order valence-corrected chi connectivity index (χ4v) is 3.70. The predicted octanol–water partition coefficient (Wildman–Crippen LogP) is 2.78. The van der Waals surface area contributed by atoms with Crippen LogP contribution in [0, 0.1) is 0 Å². The van der Waals surface area contributed by atoms with Crippen molar-refractivity contribution in [3.63, 3.8) is 0 Å². The zero-order chi connectivity index (χ0) is 10.1. The molecule has 0 aliphatic heterocycles. The molecular weight excluding hydrogens is 304 g/mol. The van der Waals surface area contributed by atoms with Crippen molar-refractivity contribution in [1.82, 2.24) is 0 Å². The van der Waals surface area contributed by atoms with E-state index in [0.29, 0.717) is 12.1 Å². The van der Waals surface area contributed by atoms with Gasteiger partial charge in [0.25, 0.3) is 0 Å². The fourth-order valence-electron chi connectivity index (χ4n) is 0.948. The molecule has 0 aliphatic carbocycles. The third kappa shape index (κ3) is 13.0. The average Bonchev–Trinajstić information content (AvgIpc) is 2.10.